The van der Waals surface area contributed by atoms with Crippen molar-refractivity contribution in [3.63, 3.8) is 0 Å². The monoisotopic (exact) mass is 201 g/mol. The van der Waals surface area contributed by atoms with E-state index in [9.17, 15) is 9.90 Å². The molecule has 1 unspecified atom stereocenters. The number of β-amino-alcohol motifs (C(OH)–C–C–N with tert-alkyl or cyclic N) is 1. The van der Waals surface area contributed by atoms with E-state index in [1.165, 1.54) is 0 Å². The molecule has 1 rings (SSSR count). The molecule has 0 aromatic carbocycles. The SMILES string of the molecule is COCC(C)CC(=O)N1CC[C@@H](O)C1. The summed E-state index contributed by atoms with van der Waals surface area (Å²) in [6.07, 6.45) is 0.905. The minimum Gasteiger partial charge on any atom is -0.391 e. The Balaban J connectivity index is 2.27. The zero-order valence-electron chi connectivity index (χ0n) is 8.90. The van der Waals surface area contributed by atoms with Gasteiger partial charge in [-0.25, -0.2) is 0 Å². The molecular weight excluding hydrogens is 182 g/mol. The largest absolute Gasteiger partial charge is 0.391 e. The Morgan fingerprint density at radius 1 is 1.71 bits per heavy atom. The average molecular weight is 201 g/mol. The molecular formula is C10H19NO3. The third-order valence-electron chi connectivity index (χ3n) is 2.49. The van der Waals surface area contributed by atoms with Gasteiger partial charge in [-0.05, 0) is 12.3 Å². The van der Waals surface area contributed by atoms with Gasteiger partial charge >= 0.3 is 0 Å². The first-order valence-electron chi connectivity index (χ1n) is 5.08. The lowest BCUT2D eigenvalue weighted by molar-refractivity contribution is -0.131. The van der Waals surface area contributed by atoms with Crippen LogP contribution in [-0.4, -0.2) is 48.8 Å². The van der Waals surface area contributed by atoms with Gasteiger partial charge in [-0.15, -0.1) is 0 Å². The second-order valence-corrected chi connectivity index (χ2v) is 4.05. The summed E-state index contributed by atoms with van der Waals surface area (Å²) < 4.78 is 4.97. The fraction of sp³-hybridized carbons (Fsp3) is 0.900. The van der Waals surface area contributed by atoms with Crippen LogP contribution in [-0.2, 0) is 9.53 Å². The quantitative estimate of drug-likeness (QED) is 0.709. The molecule has 0 saturated carbocycles. The van der Waals surface area contributed by atoms with Crippen molar-refractivity contribution in [2.75, 3.05) is 26.8 Å². The summed E-state index contributed by atoms with van der Waals surface area (Å²) in [7, 11) is 1.64. The summed E-state index contributed by atoms with van der Waals surface area (Å²) in [6.45, 7) is 3.80. The Morgan fingerprint density at radius 3 is 2.93 bits per heavy atom. The molecule has 0 bridgehead atoms. The lowest BCUT2D eigenvalue weighted by Crippen LogP contribution is -2.31. The Kier molecular flexibility index (Phi) is 4.35. The van der Waals surface area contributed by atoms with E-state index in [1.807, 2.05) is 6.92 Å². The number of hydrogen-bond donors (Lipinski definition) is 1. The number of carbonyl (C=O) groups excluding carboxylic acids is 1. The van der Waals surface area contributed by atoms with Crippen LogP contribution in [0.5, 0.6) is 0 Å². The summed E-state index contributed by atoms with van der Waals surface area (Å²) in [6, 6.07) is 0. The van der Waals surface area contributed by atoms with Crippen LogP contribution >= 0.6 is 0 Å². The molecule has 1 fully saturated rings. The number of hydrogen-bond acceptors (Lipinski definition) is 3. The van der Waals surface area contributed by atoms with Crippen LogP contribution in [0.2, 0.25) is 0 Å². The average Bonchev–Trinajstić information content (AvgIpc) is 2.52. The van der Waals surface area contributed by atoms with E-state index >= 15 is 0 Å². The third-order valence-corrected chi connectivity index (χ3v) is 2.49. The van der Waals surface area contributed by atoms with Gasteiger partial charge < -0.3 is 14.7 Å². The highest BCUT2D eigenvalue weighted by Crippen LogP contribution is 2.13. The molecule has 2 atom stereocenters. The van der Waals surface area contributed by atoms with E-state index in [1.54, 1.807) is 12.0 Å². The summed E-state index contributed by atoms with van der Waals surface area (Å²) in [5, 5.41) is 9.27. The molecule has 4 heteroatoms. The Labute approximate surface area is 84.8 Å². The van der Waals surface area contributed by atoms with Gasteiger partial charge in [-0.3, -0.25) is 4.79 Å². The lowest BCUT2D eigenvalue weighted by Gasteiger charge is -2.17. The maximum Gasteiger partial charge on any atom is 0.223 e. The van der Waals surface area contributed by atoms with Crippen molar-refractivity contribution >= 4 is 5.91 Å². The minimum absolute atomic E-state index is 0.131. The molecule has 1 aliphatic rings. The van der Waals surface area contributed by atoms with Crippen LogP contribution in [0.25, 0.3) is 0 Å². The van der Waals surface area contributed by atoms with Crippen molar-refractivity contribution in [1.29, 1.82) is 0 Å². The fourth-order valence-electron chi connectivity index (χ4n) is 1.74. The Bertz CT molecular complexity index is 196. The second kappa shape index (κ2) is 5.32. The van der Waals surface area contributed by atoms with E-state index in [0.29, 0.717) is 32.5 Å². The van der Waals surface area contributed by atoms with E-state index < -0.39 is 0 Å². The number of ether oxygens (including phenoxy) is 1. The molecule has 14 heavy (non-hydrogen) atoms. The van der Waals surface area contributed by atoms with Crippen molar-refractivity contribution in [2.45, 2.75) is 25.9 Å². The van der Waals surface area contributed by atoms with Crippen LogP contribution in [0, 0.1) is 5.92 Å². The number of nitrogens with zero attached hydrogens (tertiary/aromatic N) is 1. The number of aliphatic hydroxyl groups is 1. The molecule has 1 heterocycles. The van der Waals surface area contributed by atoms with E-state index in [2.05, 4.69) is 0 Å². The highest BCUT2D eigenvalue weighted by Gasteiger charge is 2.25. The molecule has 1 aliphatic heterocycles. The predicted molar refractivity (Wildman–Crippen MR) is 52.9 cm³/mol. The zero-order valence-corrected chi connectivity index (χ0v) is 8.90. The topological polar surface area (TPSA) is 49.8 Å². The van der Waals surface area contributed by atoms with Gasteiger partial charge in [0.05, 0.1) is 6.10 Å². The van der Waals surface area contributed by atoms with Gasteiger partial charge in [0.15, 0.2) is 0 Å². The zero-order chi connectivity index (χ0) is 10.6. The van der Waals surface area contributed by atoms with Gasteiger partial charge in [0.25, 0.3) is 0 Å². The van der Waals surface area contributed by atoms with Crippen molar-refractivity contribution < 1.29 is 14.6 Å². The first-order valence-corrected chi connectivity index (χ1v) is 5.08. The normalized spacial score (nSPS) is 23.9. The van der Waals surface area contributed by atoms with Crippen LogP contribution in [0.1, 0.15) is 19.8 Å². The molecule has 0 aliphatic carbocycles. The predicted octanol–water partition coefficient (Wildman–Crippen LogP) is 0.252. The van der Waals surface area contributed by atoms with Crippen LogP contribution in [0.3, 0.4) is 0 Å². The first-order chi connectivity index (χ1) is 6.63. The van der Waals surface area contributed by atoms with E-state index in [-0.39, 0.29) is 17.9 Å². The number of rotatable bonds is 4. The smallest absolute Gasteiger partial charge is 0.223 e. The first kappa shape index (κ1) is 11.5. The molecule has 1 N–H and O–H groups in total. The maximum atomic E-state index is 11.6. The molecule has 0 spiro atoms. The number of methoxy groups -OCH3 is 1. The van der Waals surface area contributed by atoms with Gasteiger partial charge in [-0.1, -0.05) is 6.92 Å². The van der Waals surface area contributed by atoms with Crippen LogP contribution < -0.4 is 0 Å². The number of amides is 1. The van der Waals surface area contributed by atoms with Gasteiger partial charge in [-0.2, -0.15) is 0 Å². The highest BCUT2D eigenvalue weighted by atomic mass is 16.5. The van der Waals surface area contributed by atoms with Crippen molar-refractivity contribution in [3.05, 3.63) is 0 Å². The molecule has 1 amide bonds. The summed E-state index contributed by atoms with van der Waals surface area (Å²) in [5.74, 6) is 0.386. The van der Waals surface area contributed by atoms with Gasteiger partial charge in [0.1, 0.15) is 0 Å². The van der Waals surface area contributed by atoms with Gasteiger partial charge in [0.2, 0.25) is 5.91 Å². The fourth-order valence-corrected chi connectivity index (χ4v) is 1.74. The Morgan fingerprint density at radius 2 is 2.43 bits per heavy atom. The maximum absolute atomic E-state index is 11.6. The molecule has 82 valence electrons. The molecule has 1 saturated heterocycles. The summed E-state index contributed by atoms with van der Waals surface area (Å²) >= 11 is 0. The third kappa shape index (κ3) is 3.27. The van der Waals surface area contributed by atoms with E-state index in [4.69, 9.17) is 4.74 Å². The number of carbonyl (C=O) groups is 1. The summed E-state index contributed by atoms with van der Waals surface area (Å²) in [4.78, 5) is 13.4. The van der Waals surface area contributed by atoms with Crippen molar-refractivity contribution in [3.8, 4) is 0 Å². The lowest BCUT2D eigenvalue weighted by atomic mass is 10.1. The van der Waals surface area contributed by atoms with Crippen molar-refractivity contribution in [2.24, 2.45) is 5.92 Å². The molecule has 0 aromatic rings. The van der Waals surface area contributed by atoms with Crippen LogP contribution in [0.4, 0.5) is 0 Å². The Hall–Kier alpha value is -0.610. The minimum atomic E-state index is -0.323. The van der Waals surface area contributed by atoms with Crippen LogP contribution in [0.15, 0.2) is 0 Å². The molecule has 0 radical (unpaired) electrons. The number of aliphatic hydroxyl groups excluding tert-OH is 1. The molecule has 0 aromatic heterocycles. The summed E-state index contributed by atoms with van der Waals surface area (Å²) in [5.41, 5.74) is 0. The number of likely N-dealkylation sites (tertiary alicyclic amines) is 1. The van der Waals surface area contributed by atoms with E-state index in [0.717, 1.165) is 0 Å². The standard InChI is InChI=1S/C10H19NO3/c1-8(7-14-2)5-10(13)11-4-3-9(12)6-11/h8-9,12H,3-7H2,1-2H3/t8?,9-/m1/s1. The second-order valence-electron chi connectivity index (χ2n) is 4.05. The van der Waals surface area contributed by atoms with Crippen molar-refractivity contribution in [1.82, 2.24) is 4.90 Å². The highest BCUT2D eigenvalue weighted by molar-refractivity contribution is 5.76. The van der Waals surface area contributed by atoms with Gasteiger partial charge in [0, 0.05) is 33.2 Å². The molecule has 4 nitrogen and oxygen atoms in total.